The van der Waals surface area contributed by atoms with Crippen molar-refractivity contribution in [2.75, 3.05) is 39.4 Å². The van der Waals surface area contributed by atoms with E-state index in [0.717, 1.165) is 57.3 Å². The third-order valence-corrected chi connectivity index (χ3v) is 6.83. The molecule has 4 rings (SSSR count). The molecular weight excluding hydrogens is 345 g/mol. The van der Waals surface area contributed by atoms with Crippen LogP contribution in [0.5, 0.6) is 0 Å². The number of hydrogen-bond acceptors (Lipinski definition) is 4. The summed E-state index contributed by atoms with van der Waals surface area (Å²) in [5.74, 6) is -0.150. The minimum atomic E-state index is -0.249. The first-order chi connectivity index (χ1) is 13.1. The molecule has 3 fully saturated rings. The smallest absolute Gasteiger partial charge is 0.237 e. The summed E-state index contributed by atoms with van der Waals surface area (Å²) in [7, 11) is 0. The van der Waals surface area contributed by atoms with Crippen LogP contribution >= 0.6 is 0 Å². The van der Waals surface area contributed by atoms with E-state index in [1.165, 1.54) is 6.07 Å². The zero-order valence-electron chi connectivity index (χ0n) is 15.9. The summed E-state index contributed by atoms with van der Waals surface area (Å²) < 4.78 is 19.3. The molecule has 0 saturated carbocycles. The number of nitrogens with one attached hydrogen (secondary N) is 3. The third kappa shape index (κ3) is 4.03. The zero-order valence-corrected chi connectivity index (χ0v) is 15.9. The summed E-state index contributed by atoms with van der Waals surface area (Å²) in [5.41, 5.74) is 0.980. The van der Waals surface area contributed by atoms with Gasteiger partial charge in [-0.25, -0.2) is 4.39 Å². The maximum atomic E-state index is 13.8. The average Bonchev–Trinajstić information content (AvgIpc) is 3.11. The van der Waals surface area contributed by atoms with E-state index >= 15 is 0 Å². The highest BCUT2D eigenvalue weighted by atomic mass is 19.1. The number of halogens is 1. The van der Waals surface area contributed by atoms with Crippen LogP contribution in [0.4, 0.5) is 4.39 Å². The lowest BCUT2D eigenvalue weighted by atomic mass is 9.74. The Balaban J connectivity index is 1.41. The first-order valence-electron chi connectivity index (χ1n) is 10.2. The molecule has 1 atom stereocenters. The number of hydrogen-bond donors (Lipinski definition) is 3. The van der Waals surface area contributed by atoms with Crippen LogP contribution in [0.25, 0.3) is 0 Å². The molecule has 0 aliphatic carbocycles. The number of carbonyl (C=O) groups excluding carboxylic acids is 1. The number of benzene rings is 1. The molecule has 1 spiro atoms. The minimum Gasteiger partial charge on any atom is -0.381 e. The van der Waals surface area contributed by atoms with Crippen molar-refractivity contribution >= 4 is 5.91 Å². The fourth-order valence-electron chi connectivity index (χ4n) is 4.97. The summed E-state index contributed by atoms with van der Waals surface area (Å²) in [4.78, 5) is 12.9. The van der Waals surface area contributed by atoms with Gasteiger partial charge in [0.2, 0.25) is 5.91 Å². The van der Waals surface area contributed by atoms with Gasteiger partial charge in [0.05, 0.1) is 6.04 Å². The van der Waals surface area contributed by atoms with Crippen molar-refractivity contribution in [2.24, 2.45) is 5.41 Å². The third-order valence-electron chi connectivity index (χ3n) is 6.83. The zero-order chi connectivity index (χ0) is 18.7. The Morgan fingerprint density at radius 1 is 1.22 bits per heavy atom. The highest BCUT2D eigenvalue weighted by Crippen LogP contribution is 2.38. The second-order valence-electron chi connectivity index (χ2n) is 8.51. The predicted molar refractivity (Wildman–Crippen MR) is 102 cm³/mol. The normalized spacial score (nSPS) is 26.8. The van der Waals surface area contributed by atoms with Crippen LogP contribution in [0.1, 0.15) is 37.7 Å². The van der Waals surface area contributed by atoms with Crippen molar-refractivity contribution < 1.29 is 13.9 Å². The molecule has 3 N–H and O–H groups in total. The topological polar surface area (TPSA) is 62.4 Å². The fraction of sp³-hybridized carbons (Fsp3) is 0.667. The SMILES string of the molecule is O=C(NCC1(c2cccc(F)c2)CCOCC1)C1CC2(CCNCC2)CN1. The van der Waals surface area contributed by atoms with E-state index in [9.17, 15) is 9.18 Å². The van der Waals surface area contributed by atoms with Crippen molar-refractivity contribution in [3.8, 4) is 0 Å². The van der Waals surface area contributed by atoms with Gasteiger partial charge >= 0.3 is 0 Å². The van der Waals surface area contributed by atoms with Gasteiger partial charge < -0.3 is 20.7 Å². The van der Waals surface area contributed by atoms with Gasteiger partial charge in [0.25, 0.3) is 0 Å². The van der Waals surface area contributed by atoms with E-state index in [1.807, 2.05) is 6.07 Å². The van der Waals surface area contributed by atoms with Crippen molar-refractivity contribution in [1.82, 2.24) is 16.0 Å². The van der Waals surface area contributed by atoms with Gasteiger partial charge in [0.15, 0.2) is 0 Å². The summed E-state index contributed by atoms with van der Waals surface area (Å²) in [6.07, 6.45) is 4.77. The molecule has 3 heterocycles. The summed E-state index contributed by atoms with van der Waals surface area (Å²) >= 11 is 0. The van der Waals surface area contributed by atoms with E-state index in [0.29, 0.717) is 19.8 Å². The Hall–Kier alpha value is -1.50. The van der Waals surface area contributed by atoms with Crippen LogP contribution in [-0.2, 0) is 14.9 Å². The lowest BCUT2D eigenvalue weighted by Crippen LogP contribution is -2.48. The molecular formula is C21H30FN3O2. The number of ether oxygens (including phenoxy) is 1. The molecule has 5 nitrogen and oxygen atoms in total. The van der Waals surface area contributed by atoms with Crippen molar-refractivity contribution in [1.29, 1.82) is 0 Å². The highest BCUT2D eigenvalue weighted by Gasteiger charge is 2.43. The molecule has 3 saturated heterocycles. The molecule has 3 aliphatic rings. The quantitative estimate of drug-likeness (QED) is 0.750. The molecule has 1 unspecified atom stereocenters. The molecule has 0 bridgehead atoms. The number of rotatable bonds is 4. The Morgan fingerprint density at radius 2 is 2.00 bits per heavy atom. The van der Waals surface area contributed by atoms with E-state index in [2.05, 4.69) is 16.0 Å². The second kappa shape index (κ2) is 7.86. The molecule has 27 heavy (non-hydrogen) atoms. The second-order valence-corrected chi connectivity index (χ2v) is 8.51. The van der Waals surface area contributed by atoms with Gasteiger partial charge in [-0.2, -0.15) is 0 Å². The Kier molecular flexibility index (Phi) is 5.48. The van der Waals surface area contributed by atoms with Crippen LogP contribution in [0.15, 0.2) is 24.3 Å². The van der Waals surface area contributed by atoms with E-state index in [-0.39, 0.29) is 28.6 Å². The molecule has 0 radical (unpaired) electrons. The molecule has 1 amide bonds. The predicted octanol–water partition coefficient (Wildman–Crippen LogP) is 1.72. The van der Waals surface area contributed by atoms with E-state index in [1.54, 1.807) is 12.1 Å². The summed E-state index contributed by atoms with van der Waals surface area (Å²) in [6.45, 7) is 4.83. The molecule has 0 aromatic heterocycles. The van der Waals surface area contributed by atoms with Gasteiger partial charge in [-0.1, -0.05) is 12.1 Å². The van der Waals surface area contributed by atoms with Gasteiger partial charge in [0, 0.05) is 31.7 Å². The van der Waals surface area contributed by atoms with Crippen molar-refractivity contribution in [3.05, 3.63) is 35.6 Å². The summed E-state index contributed by atoms with van der Waals surface area (Å²) in [6, 6.07) is 6.68. The van der Waals surface area contributed by atoms with Gasteiger partial charge in [-0.05, 0) is 68.3 Å². The standard InChI is InChI=1S/C21H30FN3O2/c22-17-3-1-2-16(12-17)21(6-10-27-11-7-21)15-25-19(26)18-13-20(14-24-18)4-8-23-9-5-20/h1-3,12,18,23-24H,4-11,13-15H2,(H,25,26). The lowest BCUT2D eigenvalue weighted by molar-refractivity contribution is -0.123. The van der Waals surface area contributed by atoms with E-state index in [4.69, 9.17) is 4.74 Å². The first kappa shape index (κ1) is 18.8. The Labute approximate surface area is 160 Å². The number of amides is 1. The molecule has 1 aromatic rings. The Bertz CT molecular complexity index is 669. The monoisotopic (exact) mass is 375 g/mol. The van der Waals surface area contributed by atoms with Crippen LogP contribution in [-0.4, -0.2) is 51.3 Å². The maximum absolute atomic E-state index is 13.8. The number of piperidine rings is 1. The number of carbonyl (C=O) groups is 1. The maximum Gasteiger partial charge on any atom is 0.237 e. The average molecular weight is 375 g/mol. The van der Waals surface area contributed by atoms with Crippen molar-refractivity contribution in [3.63, 3.8) is 0 Å². The van der Waals surface area contributed by atoms with Gasteiger partial charge in [0.1, 0.15) is 5.82 Å². The minimum absolute atomic E-state index is 0.0766. The van der Waals surface area contributed by atoms with Crippen molar-refractivity contribution in [2.45, 2.75) is 43.6 Å². The lowest BCUT2D eigenvalue weighted by Gasteiger charge is -2.38. The molecule has 3 aliphatic heterocycles. The summed E-state index contributed by atoms with van der Waals surface area (Å²) in [5, 5.41) is 10.0. The molecule has 1 aromatic carbocycles. The van der Waals surface area contributed by atoms with Crippen LogP contribution in [0, 0.1) is 11.2 Å². The van der Waals surface area contributed by atoms with Gasteiger partial charge in [-0.15, -0.1) is 0 Å². The van der Waals surface area contributed by atoms with E-state index < -0.39 is 0 Å². The molecule has 6 heteroatoms. The fourth-order valence-corrected chi connectivity index (χ4v) is 4.97. The molecule has 148 valence electrons. The Morgan fingerprint density at radius 3 is 2.74 bits per heavy atom. The highest BCUT2D eigenvalue weighted by molar-refractivity contribution is 5.82. The van der Waals surface area contributed by atoms with Crippen LogP contribution in [0.3, 0.4) is 0 Å². The largest absolute Gasteiger partial charge is 0.381 e. The first-order valence-corrected chi connectivity index (χ1v) is 10.2. The van der Waals surface area contributed by atoms with Crippen LogP contribution < -0.4 is 16.0 Å². The van der Waals surface area contributed by atoms with Crippen LogP contribution in [0.2, 0.25) is 0 Å². The van der Waals surface area contributed by atoms with Gasteiger partial charge in [-0.3, -0.25) is 4.79 Å².